The number of rotatable bonds is 5. The second-order valence-electron chi connectivity index (χ2n) is 5.99. The van der Waals surface area contributed by atoms with Crippen molar-refractivity contribution < 1.29 is 4.21 Å². The highest BCUT2D eigenvalue weighted by Gasteiger charge is 2.16. The van der Waals surface area contributed by atoms with Crippen LogP contribution in [0.15, 0.2) is 28.6 Å². The average Bonchev–Trinajstić information content (AvgIpc) is 3.16. The molecule has 2 saturated heterocycles. The highest BCUT2D eigenvalue weighted by molar-refractivity contribution is 7.99. The summed E-state index contributed by atoms with van der Waals surface area (Å²) in [5.41, 5.74) is 2.33. The van der Waals surface area contributed by atoms with Gasteiger partial charge in [-0.3, -0.25) is 0 Å². The molecule has 0 spiro atoms. The van der Waals surface area contributed by atoms with Crippen molar-refractivity contribution in [1.29, 1.82) is 0 Å². The minimum atomic E-state index is -1.89. The lowest BCUT2D eigenvalue weighted by atomic mass is 10.1. The molecular formula is C16H24N2OS2. The van der Waals surface area contributed by atoms with Crippen molar-refractivity contribution >= 4 is 27.2 Å². The van der Waals surface area contributed by atoms with Crippen LogP contribution in [0.3, 0.4) is 0 Å². The maximum Gasteiger partial charge on any atom is 0.0735 e. The number of nitrogens with zero attached hydrogens (tertiary/aromatic N) is 1. The fourth-order valence-electron chi connectivity index (χ4n) is 2.86. The van der Waals surface area contributed by atoms with Crippen LogP contribution in [-0.2, 0) is 16.3 Å². The summed E-state index contributed by atoms with van der Waals surface area (Å²) in [4.78, 5) is 0. The molecule has 0 radical (unpaired) electrons. The normalized spacial score (nSPS) is 24.1. The maximum atomic E-state index is 12.4. The van der Waals surface area contributed by atoms with Gasteiger partial charge in [-0.2, -0.15) is 11.8 Å². The lowest BCUT2D eigenvalue weighted by Crippen LogP contribution is -2.13. The summed E-state index contributed by atoms with van der Waals surface area (Å²) in [6.07, 6.45) is 3.47. The minimum absolute atomic E-state index is 0.591. The number of benzene rings is 1. The minimum Gasteiger partial charge on any atom is -0.385 e. The van der Waals surface area contributed by atoms with Gasteiger partial charge in [0.25, 0.3) is 0 Å². The highest BCUT2D eigenvalue weighted by atomic mass is 32.2. The summed E-state index contributed by atoms with van der Waals surface area (Å²) in [7, 11) is -1.89. The lowest BCUT2D eigenvalue weighted by molar-refractivity contribution is 0.632. The molecule has 0 saturated carbocycles. The zero-order valence-corrected chi connectivity index (χ0v) is 14.1. The van der Waals surface area contributed by atoms with E-state index in [1.165, 1.54) is 23.6 Å². The van der Waals surface area contributed by atoms with Gasteiger partial charge in [0.1, 0.15) is 0 Å². The van der Waals surface area contributed by atoms with Crippen molar-refractivity contribution in [1.82, 2.24) is 0 Å². The van der Waals surface area contributed by atoms with Crippen LogP contribution in [0.5, 0.6) is 0 Å². The standard InChI is InChI=1S/C16H24N2OS2/c19-21(8-1-2-9-21)18-12-14-4-3-5-16(10-14)17-11-15-6-7-20-13-15/h3-5,10,15,17H,1-2,6-9,11-13H2. The molecule has 2 heterocycles. The Morgan fingerprint density at radius 2 is 2.19 bits per heavy atom. The average molecular weight is 325 g/mol. The molecule has 3 rings (SSSR count). The first kappa shape index (κ1) is 15.2. The van der Waals surface area contributed by atoms with Crippen LogP contribution in [0.2, 0.25) is 0 Å². The van der Waals surface area contributed by atoms with E-state index in [0.29, 0.717) is 6.54 Å². The quantitative estimate of drug-likeness (QED) is 0.899. The Morgan fingerprint density at radius 1 is 1.33 bits per heavy atom. The molecule has 1 unspecified atom stereocenters. The number of hydrogen-bond acceptors (Lipinski definition) is 4. The summed E-state index contributed by atoms with van der Waals surface area (Å²) in [6.45, 7) is 1.65. The summed E-state index contributed by atoms with van der Waals surface area (Å²) in [5.74, 6) is 4.98. The largest absolute Gasteiger partial charge is 0.385 e. The molecule has 3 nitrogen and oxygen atoms in total. The second kappa shape index (κ2) is 7.05. The van der Waals surface area contributed by atoms with Crippen LogP contribution >= 0.6 is 11.8 Å². The third kappa shape index (κ3) is 4.39. The second-order valence-corrected chi connectivity index (χ2v) is 9.76. The topological polar surface area (TPSA) is 41.5 Å². The SMILES string of the molecule is O=S1(=NCc2cccc(NCC3CCSC3)c2)CCCC1. The van der Waals surface area contributed by atoms with Crippen molar-refractivity contribution in [3.63, 3.8) is 0 Å². The highest BCUT2D eigenvalue weighted by Crippen LogP contribution is 2.24. The molecule has 116 valence electrons. The van der Waals surface area contributed by atoms with Crippen LogP contribution < -0.4 is 5.32 Å². The molecule has 0 amide bonds. The van der Waals surface area contributed by atoms with E-state index in [0.717, 1.165) is 42.4 Å². The van der Waals surface area contributed by atoms with Crippen LogP contribution in [0.4, 0.5) is 5.69 Å². The molecule has 1 atom stereocenters. The monoisotopic (exact) mass is 324 g/mol. The van der Waals surface area contributed by atoms with E-state index in [2.05, 4.69) is 45.7 Å². The molecule has 2 fully saturated rings. The first-order chi connectivity index (χ1) is 10.2. The van der Waals surface area contributed by atoms with Gasteiger partial charge in [-0.1, -0.05) is 12.1 Å². The van der Waals surface area contributed by atoms with Crippen LogP contribution in [0.25, 0.3) is 0 Å². The molecule has 2 aliphatic heterocycles. The van der Waals surface area contributed by atoms with E-state index < -0.39 is 9.73 Å². The Bertz CT molecular complexity index is 576. The Balaban J connectivity index is 1.58. The van der Waals surface area contributed by atoms with Crippen LogP contribution in [0, 0.1) is 5.92 Å². The van der Waals surface area contributed by atoms with E-state index in [1.807, 2.05) is 0 Å². The van der Waals surface area contributed by atoms with Gasteiger partial charge in [-0.05, 0) is 54.4 Å². The fraction of sp³-hybridized carbons (Fsp3) is 0.625. The van der Waals surface area contributed by atoms with Gasteiger partial charge in [-0.15, -0.1) is 0 Å². The molecule has 0 aromatic heterocycles. The van der Waals surface area contributed by atoms with E-state index >= 15 is 0 Å². The van der Waals surface area contributed by atoms with Crippen LogP contribution in [0.1, 0.15) is 24.8 Å². The third-order valence-electron chi connectivity index (χ3n) is 4.20. The molecule has 0 bridgehead atoms. The van der Waals surface area contributed by atoms with Gasteiger partial charge in [0.05, 0.1) is 6.54 Å². The molecule has 1 aromatic rings. The van der Waals surface area contributed by atoms with E-state index in [1.54, 1.807) is 0 Å². The predicted octanol–water partition coefficient (Wildman–Crippen LogP) is 3.61. The zero-order chi connectivity index (χ0) is 14.5. The summed E-state index contributed by atoms with van der Waals surface area (Å²) in [5, 5.41) is 3.54. The van der Waals surface area contributed by atoms with E-state index in [9.17, 15) is 4.21 Å². The summed E-state index contributed by atoms with van der Waals surface area (Å²) < 4.78 is 16.9. The van der Waals surface area contributed by atoms with Gasteiger partial charge in [-0.25, -0.2) is 8.57 Å². The number of thioether (sulfide) groups is 1. The lowest BCUT2D eigenvalue weighted by Gasteiger charge is -2.12. The smallest absolute Gasteiger partial charge is 0.0735 e. The molecule has 1 aromatic carbocycles. The molecular weight excluding hydrogens is 300 g/mol. The first-order valence-electron chi connectivity index (χ1n) is 7.82. The first-order valence-corrected chi connectivity index (χ1v) is 10.8. The van der Waals surface area contributed by atoms with E-state index in [4.69, 9.17) is 0 Å². The Kier molecular flexibility index (Phi) is 5.11. The van der Waals surface area contributed by atoms with Crippen molar-refractivity contribution in [2.45, 2.75) is 25.8 Å². The number of nitrogens with one attached hydrogen (secondary N) is 1. The maximum absolute atomic E-state index is 12.4. The Morgan fingerprint density at radius 3 is 2.95 bits per heavy atom. The molecule has 1 N–H and O–H groups in total. The van der Waals surface area contributed by atoms with Crippen molar-refractivity contribution in [2.24, 2.45) is 10.3 Å². The van der Waals surface area contributed by atoms with Crippen molar-refractivity contribution in [3.8, 4) is 0 Å². The molecule has 21 heavy (non-hydrogen) atoms. The summed E-state index contributed by atoms with van der Waals surface area (Å²) >= 11 is 2.06. The Hall–Kier alpha value is -0.680. The predicted molar refractivity (Wildman–Crippen MR) is 93.6 cm³/mol. The Labute approximate surface area is 132 Å². The van der Waals surface area contributed by atoms with Gasteiger partial charge in [0, 0.05) is 33.5 Å². The third-order valence-corrected chi connectivity index (χ3v) is 7.89. The van der Waals surface area contributed by atoms with E-state index in [-0.39, 0.29) is 0 Å². The van der Waals surface area contributed by atoms with Crippen LogP contribution in [-0.4, -0.2) is 33.8 Å². The van der Waals surface area contributed by atoms with Gasteiger partial charge in [0.2, 0.25) is 0 Å². The number of hydrogen-bond donors (Lipinski definition) is 1. The van der Waals surface area contributed by atoms with Crippen molar-refractivity contribution in [2.75, 3.05) is 34.9 Å². The molecule has 0 aliphatic carbocycles. The van der Waals surface area contributed by atoms with Crippen molar-refractivity contribution in [3.05, 3.63) is 29.8 Å². The molecule has 5 heteroatoms. The molecule has 2 aliphatic rings. The fourth-order valence-corrected chi connectivity index (χ4v) is 6.31. The van der Waals surface area contributed by atoms with Gasteiger partial charge >= 0.3 is 0 Å². The zero-order valence-electron chi connectivity index (χ0n) is 12.4. The number of anilines is 1. The summed E-state index contributed by atoms with van der Waals surface area (Å²) in [6, 6.07) is 8.42. The van der Waals surface area contributed by atoms with Gasteiger partial charge in [0.15, 0.2) is 0 Å². The van der Waals surface area contributed by atoms with Gasteiger partial charge < -0.3 is 5.32 Å².